The van der Waals surface area contributed by atoms with E-state index in [1.807, 2.05) is 0 Å². The Morgan fingerprint density at radius 2 is 1.83 bits per heavy atom. The zero-order chi connectivity index (χ0) is 8.56. The van der Waals surface area contributed by atoms with Gasteiger partial charge >= 0.3 is 0 Å². The van der Waals surface area contributed by atoms with Crippen molar-refractivity contribution in [1.29, 1.82) is 0 Å². The van der Waals surface area contributed by atoms with E-state index in [9.17, 15) is 0 Å². The summed E-state index contributed by atoms with van der Waals surface area (Å²) >= 11 is 0. The van der Waals surface area contributed by atoms with Gasteiger partial charge < -0.3 is 5.11 Å². The first kappa shape index (κ1) is 7.37. The van der Waals surface area contributed by atoms with E-state index in [1.165, 1.54) is 12.8 Å². The van der Waals surface area contributed by atoms with Gasteiger partial charge in [0, 0.05) is 6.61 Å². The molecule has 4 aliphatic carbocycles. The molecule has 68 valence electrons. The molecule has 0 saturated heterocycles. The van der Waals surface area contributed by atoms with Crippen molar-refractivity contribution in [2.75, 3.05) is 6.61 Å². The summed E-state index contributed by atoms with van der Waals surface area (Å²) in [6.45, 7) is 5.27. The zero-order valence-electron chi connectivity index (χ0n) is 8.01. The van der Waals surface area contributed by atoms with Crippen molar-refractivity contribution in [3.05, 3.63) is 0 Å². The summed E-state index contributed by atoms with van der Waals surface area (Å²) in [7, 11) is 0. The molecule has 0 aromatic carbocycles. The van der Waals surface area contributed by atoms with Gasteiger partial charge in [-0.3, -0.25) is 0 Å². The molecule has 0 spiro atoms. The van der Waals surface area contributed by atoms with Crippen LogP contribution in [0.3, 0.4) is 0 Å². The standard InChI is InChI=1S/C11H18O/c1-10(3-4-12)7-5-8-9(6-7)11(8,10)2/h7-9,12H,3-6H2,1-2H3/t7?,8-,9+,10-,11?/m0/s1. The molecule has 12 heavy (non-hydrogen) atoms. The predicted molar refractivity (Wildman–Crippen MR) is 47.6 cm³/mol. The highest BCUT2D eigenvalue weighted by Crippen LogP contribution is 2.86. The minimum absolute atomic E-state index is 0.391. The number of rotatable bonds is 2. The van der Waals surface area contributed by atoms with Gasteiger partial charge in [-0.15, -0.1) is 0 Å². The number of aliphatic hydroxyl groups excluding tert-OH is 1. The molecule has 2 unspecified atom stereocenters. The maximum Gasteiger partial charge on any atom is 0.0436 e. The lowest BCUT2D eigenvalue weighted by Crippen LogP contribution is -2.28. The van der Waals surface area contributed by atoms with E-state index >= 15 is 0 Å². The van der Waals surface area contributed by atoms with Crippen molar-refractivity contribution in [3.8, 4) is 0 Å². The highest BCUT2D eigenvalue weighted by molar-refractivity contribution is 5.28. The Morgan fingerprint density at radius 3 is 2.17 bits per heavy atom. The maximum absolute atomic E-state index is 9.08. The number of hydrogen-bond acceptors (Lipinski definition) is 1. The van der Waals surface area contributed by atoms with Gasteiger partial charge in [0.25, 0.3) is 0 Å². The second kappa shape index (κ2) is 1.75. The molecule has 0 aromatic heterocycles. The summed E-state index contributed by atoms with van der Waals surface area (Å²) in [5.41, 5.74) is 1.14. The van der Waals surface area contributed by atoms with Gasteiger partial charge in [-0.05, 0) is 47.8 Å². The fourth-order valence-corrected chi connectivity index (χ4v) is 4.74. The predicted octanol–water partition coefficient (Wildman–Crippen LogP) is 2.05. The first-order valence-corrected chi connectivity index (χ1v) is 5.25. The largest absolute Gasteiger partial charge is 0.396 e. The molecular weight excluding hydrogens is 148 g/mol. The third-order valence-corrected chi connectivity index (χ3v) is 5.76. The second-order valence-electron chi connectivity index (χ2n) is 5.56. The average molecular weight is 166 g/mol. The van der Waals surface area contributed by atoms with E-state index in [0.29, 0.717) is 17.4 Å². The summed E-state index contributed by atoms with van der Waals surface area (Å²) in [6, 6.07) is 0. The third-order valence-electron chi connectivity index (χ3n) is 5.76. The summed E-state index contributed by atoms with van der Waals surface area (Å²) in [5.74, 6) is 3.03. The quantitative estimate of drug-likeness (QED) is 0.665. The van der Waals surface area contributed by atoms with Crippen LogP contribution < -0.4 is 0 Å². The van der Waals surface area contributed by atoms with E-state index in [0.717, 1.165) is 24.2 Å². The lowest BCUT2D eigenvalue weighted by molar-refractivity contribution is 0.113. The smallest absolute Gasteiger partial charge is 0.0436 e. The van der Waals surface area contributed by atoms with Crippen LogP contribution in [0.5, 0.6) is 0 Å². The molecule has 1 N–H and O–H groups in total. The van der Waals surface area contributed by atoms with Crippen LogP contribution in [0.15, 0.2) is 0 Å². The van der Waals surface area contributed by atoms with Crippen molar-refractivity contribution >= 4 is 0 Å². The summed E-state index contributed by atoms with van der Waals surface area (Å²) in [4.78, 5) is 0. The van der Waals surface area contributed by atoms with Crippen molar-refractivity contribution in [2.45, 2.75) is 33.1 Å². The van der Waals surface area contributed by atoms with Crippen molar-refractivity contribution < 1.29 is 5.11 Å². The first-order valence-electron chi connectivity index (χ1n) is 5.25. The average Bonchev–Trinajstić information content (AvgIpc) is 2.41. The Balaban J connectivity index is 1.97. The lowest BCUT2D eigenvalue weighted by Gasteiger charge is -2.33. The molecule has 1 nitrogen and oxygen atoms in total. The minimum Gasteiger partial charge on any atom is -0.396 e. The highest BCUT2D eigenvalue weighted by atomic mass is 16.3. The summed E-state index contributed by atoms with van der Waals surface area (Å²) in [5, 5.41) is 9.08. The van der Waals surface area contributed by atoms with Crippen molar-refractivity contribution in [3.63, 3.8) is 0 Å². The van der Waals surface area contributed by atoms with E-state index in [1.54, 1.807) is 0 Å². The van der Waals surface area contributed by atoms with Gasteiger partial charge in [-0.25, -0.2) is 0 Å². The van der Waals surface area contributed by atoms with E-state index in [2.05, 4.69) is 13.8 Å². The van der Waals surface area contributed by atoms with Crippen LogP contribution in [0.2, 0.25) is 0 Å². The number of aliphatic hydroxyl groups is 1. The molecule has 1 heteroatoms. The zero-order valence-corrected chi connectivity index (χ0v) is 8.01. The van der Waals surface area contributed by atoms with Gasteiger partial charge in [0.15, 0.2) is 0 Å². The molecule has 4 rings (SSSR count). The molecule has 4 bridgehead atoms. The van der Waals surface area contributed by atoms with Gasteiger partial charge in [-0.1, -0.05) is 13.8 Å². The summed E-state index contributed by atoms with van der Waals surface area (Å²) < 4.78 is 0. The molecule has 5 atom stereocenters. The first-order chi connectivity index (χ1) is 5.64. The van der Waals surface area contributed by atoms with Crippen molar-refractivity contribution in [2.24, 2.45) is 28.6 Å². The third kappa shape index (κ3) is 0.477. The highest BCUT2D eigenvalue weighted by Gasteiger charge is 2.80. The van der Waals surface area contributed by atoms with Crippen LogP contribution in [0.25, 0.3) is 0 Å². The minimum atomic E-state index is 0.391. The normalized spacial score (nSPS) is 65.8. The van der Waals surface area contributed by atoms with Crippen LogP contribution in [-0.2, 0) is 0 Å². The fraction of sp³-hybridized carbons (Fsp3) is 1.00. The van der Waals surface area contributed by atoms with Crippen molar-refractivity contribution in [1.82, 2.24) is 0 Å². The van der Waals surface area contributed by atoms with E-state index in [-0.39, 0.29) is 0 Å². The molecule has 0 heterocycles. The summed E-state index contributed by atoms with van der Waals surface area (Å²) in [6.07, 6.45) is 3.98. The molecule has 0 aromatic rings. The molecule has 0 aliphatic heterocycles. The SMILES string of the molecule is CC12[C@@H]3CC(C[C@@H]31)[C@]2(C)CCO. The van der Waals surface area contributed by atoms with E-state index in [4.69, 9.17) is 5.11 Å². The Morgan fingerprint density at radius 1 is 1.25 bits per heavy atom. The molecule has 4 fully saturated rings. The van der Waals surface area contributed by atoms with Crippen LogP contribution >= 0.6 is 0 Å². The Bertz CT molecular complexity index is 223. The van der Waals surface area contributed by atoms with Gasteiger partial charge in [0.1, 0.15) is 0 Å². The van der Waals surface area contributed by atoms with Crippen LogP contribution in [0, 0.1) is 28.6 Å². The van der Waals surface area contributed by atoms with Gasteiger partial charge in [0.05, 0.1) is 0 Å². The Labute approximate surface area is 74.2 Å². The molecule has 4 saturated carbocycles. The molecule has 0 amide bonds. The van der Waals surface area contributed by atoms with Crippen LogP contribution in [0.1, 0.15) is 33.1 Å². The topological polar surface area (TPSA) is 20.2 Å². The molecular formula is C11H18O. The molecule has 0 radical (unpaired) electrons. The monoisotopic (exact) mass is 166 g/mol. The van der Waals surface area contributed by atoms with Crippen LogP contribution in [-0.4, -0.2) is 11.7 Å². The molecule has 4 aliphatic rings. The Kier molecular flexibility index (Phi) is 1.07. The second-order valence-corrected chi connectivity index (χ2v) is 5.56. The maximum atomic E-state index is 9.08. The lowest BCUT2D eigenvalue weighted by atomic mass is 9.72. The fourth-order valence-electron chi connectivity index (χ4n) is 4.74. The van der Waals surface area contributed by atoms with Gasteiger partial charge in [0.2, 0.25) is 0 Å². The van der Waals surface area contributed by atoms with Crippen LogP contribution in [0.4, 0.5) is 0 Å². The number of hydrogen-bond donors (Lipinski definition) is 1. The Hall–Kier alpha value is -0.0400. The van der Waals surface area contributed by atoms with Gasteiger partial charge in [-0.2, -0.15) is 0 Å². The van der Waals surface area contributed by atoms with E-state index < -0.39 is 0 Å².